The van der Waals surface area contributed by atoms with Crippen molar-refractivity contribution in [2.75, 3.05) is 0 Å². The fraction of sp³-hybridized carbons (Fsp3) is 0.400. The maximum absolute atomic E-state index is 6.40. The van der Waals surface area contributed by atoms with E-state index in [1.54, 1.807) is 0 Å². The fourth-order valence-corrected chi connectivity index (χ4v) is 5.39. The Balaban J connectivity index is 1.21. The minimum absolute atomic E-state index is 0.177. The molecule has 2 aliphatic heterocycles. The number of para-hydroxylation sites is 1. The van der Waals surface area contributed by atoms with Gasteiger partial charge in [0, 0.05) is 5.46 Å². The zero-order chi connectivity index (χ0) is 22.5. The van der Waals surface area contributed by atoms with Crippen LogP contribution in [-0.2, 0) is 6.42 Å². The number of fused-ring (bicyclic) bond motifs is 4. The second-order valence-electron chi connectivity index (χ2n) is 9.65. The predicted octanol–water partition coefficient (Wildman–Crippen LogP) is 6.88. The van der Waals surface area contributed by atoms with Gasteiger partial charge in [0.2, 0.25) is 0 Å². The Morgan fingerprint density at radius 1 is 0.576 bits per heavy atom. The number of benzene rings is 3. The van der Waals surface area contributed by atoms with E-state index in [-0.39, 0.29) is 6.71 Å². The van der Waals surface area contributed by atoms with Crippen molar-refractivity contribution in [1.82, 2.24) is 0 Å². The van der Waals surface area contributed by atoms with Crippen LogP contribution in [0.25, 0.3) is 0 Å². The second-order valence-corrected chi connectivity index (χ2v) is 9.65. The molecule has 0 saturated carbocycles. The lowest BCUT2D eigenvalue weighted by atomic mass is 9.35. The summed E-state index contributed by atoms with van der Waals surface area (Å²) in [4.78, 5) is 0. The van der Waals surface area contributed by atoms with Crippen molar-refractivity contribution in [3.63, 3.8) is 0 Å². The lowest BCUT2D eigenvalue weighted by Crippen LogP contribution is -2.57. The molecule has 0 spiro atoms. The lowest BCUT2D eigenvalue weighted by Gasteiger charge is -2.32. The van der Waals surface area contributed by atoms with E-state index in [1.807, 2.05) is 12.1 Å². The maximum atomic E-state index is 6.40. The van der Waals surface area contributed by atoms with Gasteiger partial charge in [-0.1, -0.05) is 101 Å². The molecule has 2 nitrogen and oxygen atoms in total. The first kappa shape index (κ1) is 22.1. The van der Waals surface area contributed by atoms with Crippen molar-refractivity contribution in [2.45, 2.75) is 77.6 Å². The minimum atomic E-state index is 0.177. The number of ether oxygens (including phenoxy) is 2. The SMILES string of the molecule is CCCCCCCCCCCCc1ccc2c(c1)Oc1cccc3c1B2c1ccccc1O3. The van der Waals surface area contributed by atoms with Crippen LogP contribution in [0.1, 0.15) is 76.7 Å². The van der Waals surface area contributed by atoms with Gasteiger partial charge in [0.25, 0.3) is 6.71 Å². The standard InChI is InChI=1S/C30H35BO2/c1-2-3-4-5-6-7-8-9-10-11-15-23-20-21-25-29(22-23)33-28-19-14-18-27-30(28)31(25)24-16-12-13-17-26(24)32-27/h12-14,16-22H,2-11,15H2,1H3. The van der Waals surface area contributed by atoms with Gasteiger partial charge in [0.15, 0.2) is 0 Å². The normalized spacial score (nSPS) is 12.9. The molecule has 0 unspecified atom stereocenters. The highest BCUT2D eigenvalue weighted by Crippen LogP contribution is 2.34. The number of hydrogen-bond acceptors (Lipinski definition) is 2. The molecule has 0 radical (unpaired) electrons. The summed E-state index contributed by atoms with van der Waals surface area (Å²) >= 11 is 0. The van der Waals surface area contributed by atoms with Crippen LogP contribution in [0.15, 0.2) is 60.7 Å². The van der Waals surface area contributed by atoms with Gasteiger partial charge in [-0.3, -0.25) is 0 Å². The number of hydrogen-bond donors (Lipinski definition) is 0. The van der Waals surface area contributed by atoms with Gasteiger partial charge < -0.3 is 9.47 Å². The predicted molar refractivity (Wildman–Crippen MR) is 140 cm³/mol. The van der Waals surface area contributed by atoms with Gasteiger partial charge in [-0.05, 0) is 53.6 Å². The molecule has 0 aliphatic carbocycles. The largest absolute Gasteiger partial charge is 0.458 e. The van der Waals surface area contributed by atoms with Crippen LogP contribution in [0.2, 0.25) is 0 Å². The Labute approximate surface area is 199 Å². The summed E-state index contributed by atoms with van der Waals surface area (Å²) in [7, 11) is 0. The third-order valence-electron chi connectivity index (χ3n) is 7.19. The summed E-state index contributed by atoms with van der Waals surface area (Å²) < 4.78 is 12.6. The van der Waals surface area contributed by atoms with E-state index in [2.05, 4.69) is 55.5 Å². The topological polar surface area (TPSA) is 18.5 Å². The third kappa shape index (κ3) is 4.83. The van der Waals surface area contributed by atoms with Crippen LogP contribution >= 0.6 is 0 Å². The zero-order valence-electron chi connectivity index (χ0n) is 19.9. The quantitative estimate of drug-likeness (QED) is 0.165. The summed E-state index contributed by atoms with van der Waals surface area (Å²) in [5.74, 6) is 3.80. The van der Waals surface area contributed by atoms with Gasteiger partial charge in [0.1, 0.15) is 23.0 Å². The smallest absolute Gasteiger partial charge is 0.260 e. The molecule has 3 aromatic carbocycles. The van der Waals surface area contributed by atoms with E-state index in [1.165, 1.54) is 80.7 Å². The summed E-state index contributed by atoms with van der Waals surface area (Å²) in [6.07, 6.45) is 14.9. The number of aryl methyl sites for hydroxylation is 1. The van der Waals surface area contributed by atoms with E-state index < -0.39 is 0 Å². The Hall–Kier alpha value is -2.68. The fourth-order valence-electron chi connectivity index (χ4n) is 5.39. The third-order valence-corrected chi connectivity index (χ3v) is 7.19. The molecule has 3 heteroatoms. The molecule has 0 N–H and O–H groups in total. The molecule has 0 atom stereocenters. The molecule has 170 valence electrons. The molecule has 0 aromatic heterocycles. The Kier molecular flexibility index (Phi) is 7.05. The van der Waals surface area contributed by atoms with Gasteiger partial charge in [-0.2, -0.15) is 0 Å². The first-order valence-corrected chi connectivity index (χ1v) is 13.1. The van der Waals surface area contributed by atoms with Gasteiger partial charge in [0.05, 0.1) is 0 Å². The summed E-state index contributed by atoms with van der Waals surface area (Å²) in [6, 6.07) is 21.4. The maximum Gasteiger partial charge on any atom is 0.260 e. The molecule has 5 rings (SSSR count). The Morgan fingerprint density at radius 3 is 1.94 bits per heavy atom. The van der Waals surface area contributed by atoms with Crippen LogP contribution in [0.3, 0.4) is 0 Å². The monoisotopic (exact) mass is 438 g/mol. The molecule has 0 bridgehead atoms. The summed E-state index contributed by atoms with van der Waals surface area (Å²) in [5.41, 5.74) is 5.02. The molecule has 2 aliphatic rings. The zero-order valence-corrected chi connectivity index (χ0v) is 19.9. The number of rotatable bonds is 11. The van der Waals surface area contributed by atoms with E-state index in [0.717, 1.165) is 34.9 Å². The summed E-state index contributed by atoms with van der Waals surface area (Å²) in [5, 5.41) is 0. The van der Waals surface area contributed by atoms with E-state index in [9.17, 15) is 0 Å². The Morgan fingerprint density at radius 2 is 1.18 bits per heavy atom. The molecule has 33 heavy (non-hydrogen) atoms. The van der Waals surface area contributed by atoms with E-state index in [4.69, 9.17) is 9.47 Å². The van der Waals surface area contributed by atoms with Crippen molar-refractivity contribution >= 4 is 23.1 Å². The summed E-state index contributed by atoms with van der Waals surface area (Å²) in [6.45, 7) is 2.46. The molecule has 3 aromatic rings. The average molecular weight is 438 g/mol. The van der Waals surface area contributed by atoms with Crippen molar-refractivity contribution in [2.24, 2.45) is 0 Å². The van der Waals surface area contributed by atoms with E-state index in [0.29, 0.717) is 0 Å². The van der Waals surface area contributed by atoms with Crippen LogP contribution < -0.4 is 25.9 Å². The van der Waals surface area contributed by atoms with Crippen LogP contribution in [0.5, 0.6) is 23.0 Å². The van der Waals surface area contributed by atoms with Crippen molar-refractivity contribution < 1.29 is 9.47 Å². The lowest BCUT2D eigenvalue weighted by molar-refractivity contribution is 0.464. The van der Waals surface area contributed by atoms with Crippen molar-refractivity contribution in [1.29, 1.82) is 0 Å². The molecule has 2 heterocycles. The first-order chi connectivity index (χ1) is 16.3. The number of unbranched alkanes of at least 4 members (excludes halogenated alkanes) is 9. The van der Waals surface area contributed by atoms with Gasteiger partial charge in [-0.25, -0.2) is 0 Å². The first-order valence-electron chi connectivity index (χ1n) is 13.1. The van der Waals surface area contributed by atoms with Crippen molar-refractivity contribution in [3.05, 3.63) is 66.2 Å². The van der Waals surface area contributed by atoms with E-state index >= 15 is 0 Å². The Bertz CT molecular complexity index is 1090. The van der Waals surface area contributed by atoms with Crippen LogP contribution in [0, 0.1) is 0 Å². The van der Waals surface area contributed by atoms with Gasteiger partial charge in [-0.15, -0.1) is 0 Å². The molecule has 0 fully saturated rings. The molecule has 0 amide bonds. The van der Waals surface area contributed by atoms with Crippen LogP contribution in [0.4, 0.5) is 0 Å². The van der Waals surface area contributed by atoms with Crippen molar-refractivity contribution in [3.8, 4) is 23.0 Å². The van der Waals surface area contributed by atoms with Crippen LogP contribution in [-0.4, -0.2) is 6.71 Å². The molecular weight excluding hydrogens is 403 g/mol. The second kappa shape index (κ2) is 10.5. The molecular formula is C30H35BO2. The highest BCUT2D eigenvalue weighted by atomic mass is 16.5. The highest BCUT2D eigenvalue weighted by Gasteiger charge is 2.39. The highest BCUT2D eigenvalue weighted by molar-refractivity contribution is 6.98. The van der Waals surface area contributed by atoms with Gasteiger partial charge >= 0.3 is 0 Å². The minimum Gasteiger partial charge on any atom is -0.458 e. The molecule has 0 saturated heterocycles. The average Bonchev–Trinajstić information content (AvgIpc) is 2.85.